The molecule has 6 heteroatoms. The third kappa shape index (κ3) is 1.41. The molecule has 0 aliphatic rings. The first-order chi connectivity index (χ1) is 6.25. The molecule has 0 aliphatic carbocycles. The summed E-state index contributed by atoms with van der Waals surface area (Å²) in [7, 11) is 0. The highest BCUT2D eigenvalue weighted by molar-refractivity contribution is 5.51. The first-order valence-corrected chi connectivity index (χ1v) is 3.55. The summed E-state index contributed by atoms with van der Waals surface area (Å²) in [5.41, 5.74) is 0.219. The zero-order valence-electron chi connectivity index (χ0n) is 6.48. The molecule has 2 aromatic heterocycles. The van der Waals surface area contributed by atoms with Gasteiger partial charge < -0.3 is 10.1 Å². The van der Waals surface area contributed by atoms with Crippen LogP contribution in [0.1, 0.15) is 0 Å². The number of nitrogens with zero attached hydrogens (tertiary/aromatic N) is 2. The molecular formula is C7H6N4O2. The van der Waals surface area contributed by atoms with E-state index < -0.39 is 5.56 Å². The van der Waals surface area contributed by atoms with Crippen molar-refractivity contribution in [3.8, 4) is 17.3 Å². The molecule has 3 N–H and O–H groups in total. The van der Waals surface area contributed by atoms with Crippen molar-refractivity contribution in [2.45, 2.75) is 0 Å². The highest BCUT2D eigenvalue weighted by Gasteiger charge is 2.02. The second kappa shape index (κ2) is 2.74. The molecule has 0 atom stereocenters. The molecule has 0 saturated heterocycles. The van der Waals surface area contributed by atoms with E-state index in [0.29, 0.717) is 11.4 Å². The van der Waals surface area contributed by atoms with Gasteiger partial charge in [-0.1, -0.05) is 0 Å². The van der Waals surface area contributed by atoms with Crippen molar-refractivity contribution in [3.05, 3.63) is 28.8 Å². The van der Waals surface area contributed by atoms with Gasteiger partial charge in [0.05, 0.1) is 17.8 Å². The van der Waals surface area contributed by atoms with Gasteiger partial charge in [-0.15, -0.1) is 0 Å². The molecular weight excluding hydrogens is 172 g/mol. The molecule has 0 radical (unpaired) electrons. The van der Waals surface area contributed by atoms with Gasteiger partial charge in [0, 0.05) is 6.20 Å². The summed E-state index contributed by atoms with van der Waals surface area (Å²) >= 11 is 0. The fraction of sp³-hybridized carbons (Fsp3) is 0. The van der Waals surface area contributed by atoms with Gasteiger partial charge in [-0.25, -0.2) is 0 Å². The number of aromatic amines is 2. The van der Waals surface area contributed by atoms with Crippen LogP contribution in [0.2, 0.25) is 0 Å². The van der Waals surface area contributed by atoms with Crippen LogP contribution >= 0.6 is 0 Å². The monoisotopic (exact) mass is 178 g/mol. The number of hydrogen-bond acceptors (Lipinski definition) is 4. The van der Waals surface area contributed by atoms with E-state index in [1.807, 2.05) is 0 Å². The molecule has 0 unspecified atom stereocenters. The second-order valence-corrected chi connectivity index (χ2v) is 2.44. The van der Waals surface area contributed by atoms with Gasteiger partial charge in [0.15, 0.2) is 0 Å². The van der Waals surface area contributed by atoms with Crippen LogP contribution in [0.25, 0.3) is 11.4 Å². The first-order valence-electron chi connectivity index (χ1n) is 3.55. The lowest BCUT2D eigenvalue weighted by Gasteiger charge is -1.95. The van der Waals surface area contributed by atoms with Crippen LogP contribution in [-0.4, -0.2) is 25.3 Å². The number of hydrogen-bond donors (Lipinski definition) is 3. The van der Waals surface area contributed by atoms with Gasteiger partial charge in [0.25, 0.3) is 5.56 Å². The lowest BCUT2D eigenvalue weighted by molar-refractivity contribution is 0.452. The number of aromatic nitrogens is 4. The normalized spacial score (nSPS) is 10.2. The van der Waals surface area contributed by atoms with Gasteiger partial charge in [0.2, 0.25) is 5.88 Å². The maximum Gasteiger partial charge on any atom is 0.254 e. The van der Waals surface area contributed by atoms with Crippen molar-refractivity contribution in [1.29, 1.82) is 0 Å². The number of H-pyrrole nitrogens is 2. The van der Waals surface area contributed by atoms with E-state index in [1.165, 1.54) is 6.20 Å². The molecule has 0 aliphatic heterocycles. The van der Waals surface area contributed by atoms with Crippen LogP contribution < -0.4 is 5.56 Å². The topological polar surface area (TPSA) is 94.7 Å². The summed E-state index contributed by atoms with van der Waals surface area (Å²) < 4.78 is 0. The lowest BCUT2D eigenvalue weighted by atomic mass is 10.3. The summed E-state index contributed by atoms with van der Waals surface area (Å²) in [4.78, 5) is 17.1. The van der Waals surface area contributed by atoms with Crippen molar-refractivity contribution in [1.82, 2.24) is 20.2 Å². The average Bonchev–Trinajstić information content (AvgIpc) is 2.53. The molecule has 2 heterocycles. The smallest absolute Gasteiger partial charge is 0.254 e. The molecule has 0 amide bonds. The third-order valence-corrected chi connectivity index (χ3v) is 1.50. The Bertz CT molecular complexity index is 460. The third-order valence-electron chi connectivity index (χ3n) is 1.50. The molecule has 2 aromatic rings. The number of rotatable bonds is 1. The highest BCUT2D eigenvalue weighted by atomic mass is 16.3. The molecule has 2 rings (SSSR count). The van der Waals surface area contributed by atoms with Crippen LogP contribution in [0, 0.1) is 0 Å². The SMILES string of the molecule is O=c1cc(O)nc(-c2cn[nH]c2)[nH]1. The van der Waals surface area contributed by atoms with E-state index in [4.69, 9.17) is 5.11 Å². The Kier molecular flexibility index (Phi) is 1.59. The molecule has 66 valence electrons. The summed E-state index contributed by atoms with van der Waals surface area (Å²) in [6, 6.07) is 1.00. The van der Waals surface area contributed by atoms with Crippen LogP contribution in [0.4, 0.5) is 0 Å². The minimum absolute atomic E-state index is 0.291. The van der Waals surface area contributed by atoms with Crippen molar-refractivity contribution >= 4 is 0 Å². The van der Waals surface area contributed by atoms with Crippen molar-refractivity contribution in [2.24, 2.45) is 0 Å². The Balaban J connectivity index is 2.59. The Morgan fingerprint density at radius 3 is 2.92 bits per heavy atom. The van der Waals surface area contributed by atoms with Crippen molar-refractivity contribution in [3.63, 3.8) is 0 Å². The van der Waals surface area contributed by atoms with E-state index in [9.17, 15) is 4.79 Å². The molecule has 13 heavy (non-hydrogen) atoms. The van der Waals surface area contributed by atoms with E-state index in [-0.39, 0.29) is 5.88 Å². The summed E-state index contributed by atoms with van der Waals surface area (Å²) in [5.74, 6) is -0.0151. The fourth-order valence-electron chi connectivity index (χ4n) is 0.962. The van der Waals surface area contributed by atoms with Crippen LogP contribution in [0.3, 0.4) is 0 Å². The molecule has 0 aromatic carbocycles. The molecule has 0 bridgehead atoms. The molecule has 6 nitrogen and oxygen atoms in total. The number of nitrogens with one attached hydrogen (secondary N) is 2. The first kappa shape index (κ1) is 7.53. The fourth-order valence-corrected chi connectivity index (χ4v) is 0.962. The van der Waals surface area contributed by atoms with Gasteiger partial charge in [-0.3, -0.25) is 9.89 Å². The van der Waals surface area contributed by atoms with Crippen molar-refractivity contribution < 1.29 is 5.11 Å². The van der Waals surface area contributed by atoms with Gasteiger partial charge in [-0.05, 0) is 0 Å². The predicted octanol–water partition coefficient (Wildman–Crippen LogP) is -0.134. The van der Waals surface area contributed by atoms with E-state index in [0.717, 1.165) is 6.07 Å². The maximum absolute atomic E-state index is 10.9. The minimum atomic E-state index is -0.399. The van der Waals surface area contributed by atoms with E-state index in [2.05, 4.69) is 20.2 Å². The molecule has 0 saturated carbocycles. The molecule has 0 fully saturated rings. The Hall–Kier alpha value is -2.11. The van der Waals surface area contributed by atoms with Crippen LogP contribution in [-0.2, 0) is 0 Å². The Morgan fingerprint density at radius 1 is 1.46 bits per heavy atom. The summed E-state index contributed by atoms with van der Waals surface area (Å²) in [6.45, 7) is 0. The predicted molar refractivity (Wildman–Crippen MR) is 44.1 cm³/mol. The van der Waals surface area contributed by atoms with E-state index >= 15 is 0 Å². The van der Waals surface area contributed by atoms with Gasteiger partial charge >= 0.3 is 0 Å². The van der Waals surface area contributed by atoms with Crippen molar-refractivity contribution in [2.75, 3.05) is 0 Å². The Morgan fingerprint density at radius 2 is 2.31 bits per heavy atom. The highest BCUT2D eigenvalue weighted by Crippen LogP contribution is 2.11. The van der Waals surface area contributed by atoms with E-state index in [1.54, 1.807) is 6.20 Å². The summed E-state index contributed by atoms with van der Waals surface area (Å²) in [6.07, 6.45) is 3.06. The van der Waals surface area contributed by atoms with Crippen LogP contribution in [0.15, 0.2) is 23.3 Å². The lowest BCUT2D eigenvalue weighted by Crippen LogP contribution is -2.06. The zero-order chi connectivity index (χ0) is 9.26. The average molecular weight is 178 g/mol. The van der Waals surface area contributed by atoms with Gasteiger partial charge in [0.1, 0.15) is 5.82 Å². The standard InChI is InChI=1S/C7H6N4O2/c12-5-1-6(13)11-7(10-5)4-2-8-9-3-4/h1-3H,(H,8,9)(H2,10,11,12,13). The number of aromatic hydroxyl groups is 1. The quantitative estimate of drug-likeness (QED) is 0.566. The summed E-state index contributed by atoms with van der Waals surface area (Å²) in [5, 5.41) is 15.3. The molecule has 0 spiro atoms. The van der Waals surface area contributed by atoms with Crippen LogP contribution in [0.5, 0.6) is 5.88 Å². The minimum Gasteiger partial charge on any atom is -0.493 e. The zero-order valence-corrected chi connectivity index (χ0v) is 6.48. The largest absolute Gasteiger partial charge is 0.493 e. The van der Waals surface area contributed by atoms with Gasteiger partial charge in [-0.2, -0.15) is 10.1 Å². The Labute approximate surface area is 72.3 Å². The maximum atomic E-state index is 10.9. The second-order valence-electron chi connectivity index (χ2n) is 2.44.